The molecule has 0 aliphatic heterocycles. The molecule has 2 aromatic rings. The lowest BCUT2D eigenvalue weighted by atomic mass is 9.83. The van der Waals surface area contributed by atoms with Crippen LogP contribution in [0.2, 0.25) is 0 Å². The SMILES string of the molecule is CCC(O)(c1ccccc1)c1cc(OC)ccc1OC. The fourth-order valence-corrected chi connectivity index (χ4v) is 2.40. The zero-order chi connectivity index (χ0) is 14.6. The molecule has 0 fully saturated rings. The van der Waals surface area contributed by atoms with Crippen molar-refractivity contribution in [3.8, 4) is 11.5 Å². The molecule has 0 amide bonds. The summed E-state index contributed by atoms with van der Waals surface area (Å²) in [6.45, 7) is 1.95. The van der Waals surface area contributed by atoms with Gasteiger partial charge >= 0.3 is 0 Å². The monoisotopic (exact) mass is 272 g/mol. The third-order valence-electron chi connectivity index (χ3n) is 3.62. The maximum Gasteiger partial charge on any atom is 0.125 e. The van der Waals surface area contributed by atoms with Gasteiger partial charge in [-0.2, -0.15) is 0 Å². The molecule has 1 unspecified atom stereocenters. The lowest BCUT2D eigenvalue weighted by Gasteiger charge is -2.29. The van der Waals surface area contributed by atoms with Crippen LogP contribution in [0.3, 0.4) is 0 Å². The van der Waals surface area contributed by atoms with Crippen molar-refractivity contribution in [2.45, 2.75) is 18.9 Å². The predicted octanol–water partition coefficient (Wildman–Crippen LogP) is 3.35. The summed E-state index contributed by atoms with van der Waals surface area (Å²) in [5, 5.41) is 11.2. The third kappa shape index (κ3) is 2.49. The van der Waals surface area contributed by atoms with Crippen molar-refractivity contribution in [1.29, 1.82) is 0 Å². The quantitative estimate of drug-likeness (QED) is 0.907. The van der Waals surface area contributed by atoms with Gasteiger partial charge in [-0.05, 0) is 30.2 Å². The van der Waals surface area contributed by atoms with Gasteiger partial charge in [0.05, 0.1) is 14.2 Å². The van der Waals surface area contributed by atoms with E-state index in [0.29, 0.717) is 23.5 Å². The van der Waals surface area contributed by atoms with Gasteiger partial charge in [-0.3, -0.25) is 0 Å². The molecule has 1 atom stereocenters. The molecule has 0 bridgehead atoms. The van der Waals surface area contributed by atoms with Gasteiger partial charge in [0, 0.05) is 5.56 Å². The molecule has 0 spiro atoms. The largest absolute Gasteiger partial charge is 0.497 e. The van der Waals surface area contributed by atoms with Crippen molar-refractivity contribution < 1.29 is 14.6 Å². The number of hydrogen-bond donors (Lipinski definition) is 1. The summed E-state index contributed by atoms with van der Waals surface area (Å²) in [4.78, 5) is 0. The Labute approximate surface area is 119 Å². The van der Waals surface area contributed by atoms with Crippen LogP contribution in [0.25, 0.3) is 0 Å². The van der Waals surface area contributed by atoms with Crippen LogP contribution in [-0.2, 0) is 5.60 Å². The van der Waals surface area contributed by atoms with Crippen molar-refractivity contribution in [1.82, 2.24) is 0 Å². The second-order valence-electron chi connectivity index (χ2n) is 4.65. The Bertz CT molecular complexity index is 566. The first kappa shape index (κ1) is 14.4. The zero-order valence-corrected chi connectivity index (χ0v) is 12.1. The van der Waals surface area contributed by atoms with Gasteiger partial charge in [-0.1, -0.05) is 37.3 Å². The number of benzene rings is 2. The van der Waals surface area contributed by atoms with Crippen molar-refractivity contribution in [3.05, 3.63) is 59.7 Å². The Morgan fingerprint density at radius 1 is 1.00 bits per heavy atom. The van der Waals surface area contributed by atoms with Crippen LogP contribution in [0.4, 0.5) is 0 Å². The zero-order valence-electron chi connectivity index (χ0n) is 12.1. The topological polar surface area (TPSA) is 38.7 Å². The first-order chi connectivity index (χ1) is 9.65. The maximum atomic E-state index is 11.2. The van der Waals surface area contributed by atoms with Crippen molar-refractivity contribution in [2.24, 2.45) is 0 Å². The molecule has 0 aliphatic rings. The molecule has 20 heavy (non-hydrogen) atoms. The van der Waals surface area contributed by atoms with Crippen LogP contribution < -0.4 is 9.47 Å². The Balaban J connectivity index is 2.61. The molecular weight excluding hydrogens is 252 g/mol. The summed E-state index contributed by atoms with van der Waals surface area (Å²) in [5.41, 5.74) is 0.461. The normalized spacial score (nSPS) is 13.6. The number of hydrogen-bond acceptors (Lipinski definition) is 3. The molecule has 1 N–H and O–H groups in total. The molecule has 2 rings (SSSR count). The highest BCUT2D eigenvalue weighted by Gasteiger charge is 2.32. The van der Waals surface area contributed by atoms with E-state index in [1.54, 1.807) is 14.2 Å². The average molecular weight is 272 g/mol. The summed E-state index contributed by atoms with van der Waals surface area (Å²) < 4.78 is 10.7. The minimum absolute atomic E-state index is 0.542. The molecular formula is C17H20O3. The van der Waals surface area contributed by atoms with Crippen molar-refractivity contribution >= 4 is 0 Å². The van der Waals surface area contributed by atoms with E-state index in [1.807, 2.05) is 55.5 Å². The molecule has 0 saturated heterocycles. The third-order valence-corrected chi connectivity index (χ3v) is 3.62. The van der Waals surface area contributed by atoms with E-state index < -0.39 is 5.60 Å². The highest BCUT2D eigenvalue weighted by Crippen LogP contribution is 2.39. The van der Waals surface area contributed by atoms with Gasteiger partial charge in [-0.15, -0.1) is 0 Å². The minimum atomic E-state index is -1.10. The molecule has 0 radical (unpaired) electrons. The maximum absolute atomic E-state index is 11.2. The van der Waals surface area contributed by atoms with E-state index in [9.17, 15) is 5.11 Å². The second kappa shape index (κ2) is 5.97. The van der Waals surface area contributed by atoms with E-state index in [4.69, 9.17) is 9.47 Å². The highest BCUT2D eigenvalue weighted by molar-refractivity contribution is 5.48. The van der Waals surface area contributed by atoms with Crippen LogP contribution in [-0.4, -0.2) is 19.3 Å². The second-order valence-corrected chi connectivity index (χ2v) is 4.65. The molecule has 3 heteroatoms. The Hall–Kier alpha value is -2.00. The van der Waals surface area contributed by atoms with Gasteiger partial charge in [0.2, 0.25) is 0 Å². The molecule has 3 nitrogen and oxygen atoms in total. The smallest absolute Gasteiger partial charge is 0.125 e. The number of aliphatic hydroxyl groups is 1. The van der Waals surface area contributed by atoms with E-state index >= 15 is 0 Å². The number of methoxy groups -OCH3 is 2. The summed E-state index contributed by atoms with van der Waals surface area (Å²) in [7, 11) is 3.21. The van der Waals surface area contributed by atoms with E-state index in [1.165, 1.54) is 0 Å². The minimum Gasteiger partial charge on any atom is -0.497 e. The highest BCUT2D eigenvalue weighted by atomic mass is 16.5. The lowest BCUT2D eigenvalue weighted by Crippen LogP contribution is -2.27. The first-order valence-corrected chi connectivity index (χ1v) is 6.66. The van der Waals surface area contributed by atoms with Gasteiger partial charge in [0.1, 0.15) is 17.1 Å². The van der Waals surface area contributed by atoms with Crippen LogP contribution in [0, 0.1) is 0 Å². The molecule has 0 aromatic heterocycles. The van der Waals surface area contributed by atoms with E-state index in [2.05, 4.69) is 0 Å². The standard InChI is InChI=1S/C17H20O3/c1-4-17(18,13-8-6-5-7-9-13)15-12-14(19-2)10-11-16(15)20-3/h5-12,18H,4H2,1-3H3. The summed E-state index contributed by atoms with van der Waals surface area (Å²) >= 11 is 0. The van der Waals surface area contributed by atoms with Crippen LogP contribution in [0.15, 0.2) is 48.5 Å². The van der Waals surface area contributed by atoms with Gasteiger partial charge in [0.15, 0.2) is 0 Å². The fourth-order valence-electron chi connectivity index (χ4n) is 2.40. The number of ether oxygens (including phenoxy) is 2. The van der Waals surface area contributed by atoms with E-state index in [0.717, 1.165) is 5.56 Å². The van der Waals surface area contributed by atoms with Crippen molar-refractivity contribution in [2.75, 3.05) is 14.2 Å². The predicted molar refractivity (Wildman–Crippen MR) is 79.3 cm³/mol. The first-order valence-electron chi connectivity index (χ1n) is 6.66. The van der Waals surface area contributed by atoms with Crippen LogP contribution >= 0.6 is 0 Å². The lowest BCUT2D eigenvalue weighted by molar-refractivity contribution is 0.0734. The fraction of sp³-hybridized carbons (Fsp3) is 0.294. The van der Waals surface area contributed by atoms with E-state index in [-0.39, 0.29) is 0 Å². The van der Waals surface area contributed by atoms with Gasteiger partial charge in [0.25, 0.3) is 0 Å². The van der Waals surface area contributed by atoms with Gasteiger partial charge in [-0.25, -0.2) is 0 Å². The summed E-state index contributed by atoms with van der Waals surface area (Å²) in [6.07, 6.45) is 0.542. The van der Waals surface area contributed by atoms with Crippen LogP contribution in [0.5, 0.6) is 11.5 Å². The Morgan fingerprint density at radius 3 is 2.25 bits per heavy atom. The van der Waals surface area contributed by atoms with Gasteiger partial charge < -0.3 is 14.6 Å². The number of rotatable bonds is 5. The molecule has 0 heterocycles. The molecule has 106 valence electrons. The summed E-state index contributed by atoms with van der Waals surface area (Å²) in [6, 6.07) is 15.1. The Kier molecular flexibility index (Phi) is 4.30. The molecule has 0 aliphatic carbocycles. The van der Waals surface area contributed by atoms with Crippen molar-refractivity contribution in [3.63, 3.8) is 0 Å². The summed E-state index contributed by atoms with van der Waals surface area (Å²) in [5.74, 6) is 1.35. The van der Waals surface area contributed by atoms with Crippen LogP contribution in [0.1, 0.15) is 24.5 Å². The molecule has 0 saturated carbocycles. The molecule has 2 aromatic carbocycles. The average Bonchev–Trinajstić information content (AvgIpc) is 2.54. The Morgan fingerprint density at radius 2 is 1.70 bits per heavy atom.